The molecular formula is C54H88N6O16S2Si4. The molecule has 2 spiro atoms. The first-order valence-corrected chi connectivity index (χ1v) is 41.9. The Morgan fingerprint density at radius 3 is 1.09 bits per heavy atom. The van der Waals surface area contributed by atoms with Crippen LogP contribution in [0.3, 0.4) is 0 Å². The summed E-state index contributed by atoms with van der Waals surface area (Å²) in [4.78, 5) is 57.0. The zero-order chi connectivity index (χ0) is 62.5. The second-order valence-electron chi connectivity index (χ2n) is 28.0. The molecule has 4 N–H and O–H groups in total. The van der Waals surface area contributed by atoms with Crippen LogP contribution in [0.2, 0.25) is 72.5 Å². The lowest BCUT2D eigenvalue weighted by molar-refractivity contribution is -0.0567. The maximum Gasteiger partial charge on any atom is 0.334 e. The molecule has 2 aromatic rings. The van der Waals surface area contributed by atoms with Gasteiger partial charge in [-0.05, 0) is 98.2 Å². The fourth-order valence-electron chi connectivity index (χ4n) is 8.91. The van der Waals surface area contributed by atoms with Crippen molar-refractivity contribution in [3.8, 4) is 23.7 Å². The second-order valence-corrected chi connectivity index (χ2v) is 50.0. The van der Waals surface area contributed by atoms with Gasteiger partial charge in [0.25, 0.3) is 31.4 Å². The SMILES string of the molecule is Cc1cn([C@@H]2OC(CO[Si](C)(C)C(C)(C)C)C3(OS(=O)(=O)C=C3N)[C@H]2O[Si](C)(C)C(C)(C)C)c(=O)n(CC#CC#CCn2c(=O)c(C)cn([C@@H]3OC(CO[Si](C)(C)C(C)(C)C)C4(OS(=O)(=O)C=C4N)[C@H]3O[Si](C)(C)C(C)(C)C)c2=O)c1=O. The number of hydrogen-bond donors (Lipinski definition) is 2. The van der Waals surface area contributed by atoms with Gasteiger partial charge in [-0.1, -0.05) is 94.9 Å². The molecule has 4 aliphatic heterocycles. The summed E-state index contributed by atoms with van der Waals surface area (Å²) in [6, 6.07) is 0. The minimum absolute atomic E-state index is 0.110. The first-order chi connectivity index (χ1) is 36.9. The predicted molar refractivity (Wildman–Crippen MR) is 323 cm³/mol. The Labute approximate surface area is 488 Å². The molecule has 0 aliphatic carbocycles. The fraction of sp³-hybridized carbons (Fsp3) is 0.704. The zero-order valence-corrected chi connectivity index (χ0v) is 57.5. The smallest absolute Gasteiger partial charge is 0.334 e. The van der Waals surface area contributed by atoms with Crippen molar-refractivity contribution in [1.29, 1.82) is 0 Å². The predicted octanol–water partition coefficient (Wildman–Crippen LogP) is 6.07. The van der Waals surface area contributed by atoms with Crippen LogP contribution >= 0.6 is 0 Å². The van der Waals surface area contributed by atoms with Gasteiger partial charge in [-0.15, -0.1) is 0 Å². The van der Waals surface area contributed by atoms with E-state index in [0.717, 1.165) is 29.1 Å². The van der Waals surface area contributed by atoms with Gasteiger partial charge in [0.2, 0.25) is 0 Å². The van der Waals surface area contributed by atoms with Crippen molar-refractivity contribution >= 4 is 53.5 Å². The van der Waals surface area contributed by atoms with E-state index in [9.17, 15) is 36.0 Å². The average molecular weight is 1250 g/mol. The van der Waals surface area contributed by atoms with Gasteiger partial charge in [0.15, 0.2) is 56.9 Å². The molecule has 22 nitrogen and oxygen atoms in total. The molecule has 2 aromatic heterocycles. The van der Waals surface area contributed by atoms with E-state index < -0.39 is 147 Å². The van der Waals surface area contributed by atoms with Crippen LogP contribution < -0.4 is 34.0 Å². The molecule has 8 atom stereocenters. The van der Waals surface area contributed by atoms with Gasteiger partial charge in [-0.25, -0.2) is 27.1 Å². The average Bonchev–Trinajstić information content (AvgIpc) is 4.13. The summed E-state index contributed by atoms with van der Waals surface area (Å²) in [5.41, 5.74) is 6.15. The van der Waals surface area contributed by atoms with E-state index in [2.05, 4.69) is 65.2 Å². The monoisotopic (exact) mass is 1250 g/mol. The molecule has 0 aromatic carbocycles. The minimum Gasteiger partial charge on any atom is -0.414 e. The fourth-order valence-corrected chi connectivity index (χ4v) is 15.9. The van der Waals surface area contributed by atoms with E-state index in [-0.39, 0.29) is 45.8 Å². The van der Waals surface area contributed by atoms with Gasteiger partial charge in [-0.2, -0.15) is 16.8 Å². The van der Waals surface area contributed by atoms with Crippen LogP contribution in [0.25, 0.3) is 0 Å². The molecular weight excluding hydrogens is 1170 g/mol. The number of rotatable bonds is 14. The maximum absolute atomic E-state index is 14.7. The van der Waals surface area contributed by atoms with Crippen LogP contribution in [0.15, 0.2) is 53.8 Å². The van der Waals surface area contributed by atoms with Crippen molar-refractivity contribution in [3.63, 3.8) is 0 Å². The Kier molecular flexibility index (Phi) is 18.1. The highest BCUT2D eigenvalue weighted by Crippen LogP contribution is 2.54. The largest absolute Gasteiger partial charge is 0.414 e. The van der Waals surface area contributed by atoms with Crippen molar-refractivity contribution in [2.75, 3.05) is 13.2 Å². The van der Waals surface area contributed by atoms with Gasteiger partial charge < -0.3 is 38.6 Å². The third-order valence-corrected chi connectivity index (χ3v) is 38.1. The van der Waals surface area contributed by atoms with Crippen LogP contribution in [0.4, 0.5) is 0 Å². The molecule has 82 heavy (non-hydrogen) atoms. The molecule has 28 heteroatoms. The molecule has 6 rings (SSSR count). The van der Waals surface area contributed by atoms with Crippen molar-refractivity contribution in [3.05, 3.63) is 87.4 Å². The van der Waals surface area contributed by atoms with Crippen LogP contribution in [-0.2, 0) is 68.9 Å². The van der Waals surface area contributed by atoms with E-state index in [4.69, 9.17) is 47.0 Å². The second kappa shape index (κ2) is 22.1. The summed E-state index contributed by atoms with van der Waals surface area (Å²) >= 11 is 0. The number of hydrogen-bond acceptors (Lipinski definition) is 18. The summed E-state index contributed by atoms with van der Waals surface area (Å²) in [5.74, 6) is 10.7. The maximum atomic E-state index is 14.7. The summed E-state index contributed by atoms with van der Waals surface area (Å²) < 4.78 is 110. The molecule has 2 fully saturated rings. The Morgan fingerprint density at radius 1 is 0.537 bits per heavy atom. The number of aryl methyl sites for hydroxylation is 2. The highest BCUT2D eigenvalue weighted by molar-refractivity contribution is 7.90. The molecule has 2 saturated heterocycles. The zero-order valence-electron chi connectivity index (χ0n) is 51.9. The first-order valence-electron chi connectivity index (χ1n) is 27.3. The molecule has 4 unspecified atom stereocenters. The van der Waals surface area contributed by atoms with Gasteiger partial charge in [0, 0.05) is 23.5 Å². The Balaban J connectivity index is 1.39. The minimum atomic E-state index is -4.38. The van der Waals surface area contributed by atoms with Crippen LogP contribution in [0.1, 0.15) is 107 Å². The number of nitrogens with zero attached hydrogens (tertiary/aromatic N) is 4. The van der Waals surface area contributed by atoms with Crippen molar-refractivity contribution in [2.24, 2.45) is 11.5 Å². The van der Waals surface area contributed by atoms with Crippen molar-refractivity contribution in [1.82, 2.24) is 18.3 Å². The van der Waals surface area contributed by atoms with Gasteiger partial charge in [-0.3, -0.25) is 18.7 Å². The number of aromatic nitrogens is 4. The van der Waals surface area contributed by atoms with Gasteiger partial charge in [0.1, 0.15) is 24.4 Å². The third-order valence-electron chi connectivity index (χ3n) is 18.1. The topological polar surface area (TPSA) is 282 Å². The molecule has 0 saturated carbocycles. The Morgan fingerprint density at radius 2 is 0.829 bits per heavy atom. The number of ether oxygens (including phenoxy) is 2. The highest BCUT2D eigenvalue weighted by Gasteiger charge is 2.69. The van der Waals surface area contributed by atoms with Crippen LogP contribution in [-0.4, -0.2) is 117 Å². The van der Waals surface area contributed by atoms with Crippen LogP contribution in [0, 0.1) is 37.5 Å². The lowest BCUT2D eigenvalue weighted by atomic mass is 9.89. The number of nitrogens with two attached hydrogens (primary N) is 2. The summed E-state index contributed by atoms with van der Waals surface area (Å²) in [6.45, 7) is 41.9. The van der Waals surface area contributed by atoms with E-state index >= 15 is 0 Å². The first kappa shape index (κ1) is 67.1. The lowest BCUT2D eigenvalue weighted by Gasteiger charge is -2.43. The van der Waals surface area contributed by atoms with Gasteiger partial charge in [0.05, 0.1) is 48.5 Å². The standard InChI is InChI=1S/C54H88N6O16S2Si4/c1-35-29-59(45-41(73-81(19,20)51(9,10)11)53(37(55)33-77(65,66)75-53)39(71-45)31-69-79(15,16)49(3,4)5)47(63)57(43(35)61)27-25-23-24-26-28-58-44(62)36(2)30-60(48(58)64)46-42(74-82(21,22)52(12,13)14)54(38(56)34-78(67,68)76-54)40(72-46)32-70-80(17,18)50(6,7)8/h29-30,33-34,39-42,45-46H,27-28,31-32,55-56H2,1-22H3/t39?,40?,41-,42-,45+,46+,53?,54?/m0/s1. The Hall–Kier alpha value is -3.99. The molecule has 6 heterocycles. The molecule has 0 radical (unpaired) electrons. The lowest BCUT2D eigenvalue weighted by Crippen LogP contribution is -2.59. The third kappa shape index (κ3) is 12.5. The summed E-state index contributed by atoms with van der Waals surface area (Å²) in [6.07, 6.45) is -5.25. The molecule has 0 bridgehead atoms. The molecule has 458 valence electrons. The van der Waals surface area contributed by atoms with E-state index in [0.29, 0.717) is 0 Å². The quantitative estimate of drug-likeness (QED) is 0.123. The van der Waals surface area contributed by atoms with Crippen LogP contribution in [0.5, 0.6) is 0 Å². The van der Waals surface area contributed by atoms with Crippen molar-refractivity contribution < 1.29 is 52.4 Å². The van der Waals surface area contributed by atoms with E-state index in [1.54, 1.807) is 0 Å². The Bertz CT molecular complexity index is 3310. The van der Waals surface area contributed by atoms with E-state index in [1.165, 1.54) is 26.2 Å². The van der Waals surface area contributed by atoms with Crippen molar-refractivity contribution in [2.45, 2.75) is 231 Å². The molecule has 0 amide bonds. The summed E-state index contributed by atoms with van der Waals surface area (Å²) in [5, 5.41) is 0.274. The van der Waals surface area contributed by atoms with E-state index in [1.807, 2.05) is 93.9 Å². The highest BCUT2D eigenvalue weighted by atomic mass is 32.2. The normalized spacial score (nSPS) is 26.9. The summed E-state index contributed by atoms with van der Waals surface area (Å²) in [7, 11) is -19.6. The molecule has 4 aliphatic rings. The van der Waals surface area contributed by atoms with Gasteiger partial charge >= 0.3 is 11.4 Å².